The Morgan fingerprint density at radius 1 is 1.13 bits per heavy atom. The minimum absolute atomic E-state index is 0.212. The van der Waals surface area contributed by atoms with Gasteiger partial charge in [0.25, 0.3) is 0 Å². The average Bonchev–Trinajstić information content (AvgIpc) is 2.94. The van der Waals surface area contributed by atoms with Gasteiger partial charge < -0.3 is 10.2 Å². The van der Waals surface area contributed by atoms with Crippen LogP contribution in [0.1, 0.15) is 29.7 Å². The predicted molar refractivity (Wildman–Crippen MR) is 110 cm³/mol. The molecule has 1 N–H and O–H groups in total. The van der Waals surface area contributed by atoms with E-state index in [9.17, 15) is 17.6 Å². The van der Waals surface area contributed by atoms with Crippen LogP contribution < -0.4 is 10.2 Å². The van der Waals surface area contributed by atoms with Crippen molar-refractivity contribution in [1.82, 2.24) is 15.3 Å². The third kappa shape index (κ3) is 5.07. The molecular formula is C21H22F4N4S. The second kappa shape index (κ2) is 8.85. The van der Waals surface area contributed by atoms with Crippen LogP contribution in [0, 0.1) is 5.82 Å². The van der Waals surface area contributed by atoms with Crippen LogP contribution in [0.15, 0.2) is 36.7 Å². The molecule has 4 nitrogen and oxygen atoms in total. The van der Waals surface area contributed by atoms with Gasteiger partial charge in [0.1, 0.15) is 22.8 Å². The quantitative estimate of drug-likeness (QED) is 0.564. The molecule has 1 atom stereocenters. The minimum atomic E-state index is -4.24. The summed E-state index contributed by atoms with van der Waals surface area (Å²) in [5.74, 6) is 0.482. The molecular weight excluding hydrogens is 416 g/mol. The van der Waals surface area contributed by atoms with Gasteiger partial charge in [-0.1, -0.05) is 18.2 Å². The van der Waals surface area contributed by atoms with Crippen molar-refractivity contribution in [2.24, 2.45) is 0 Å². The van der Waals surface area contributed by atoms with Gasteiger partial charge in [0.05, 0.1) is 11.8 Å². The van der Waals surface area contributed by atoms with Crippen LogP contribution in [-0.2, 0) is 13.0 Å². The molecule has 0 saturated carbocycles. The number of fused-ring (bicyclic) bond motifs is 1. The number of hydrogen-bond donors (Lipinski definition) is 1. The van der Waals surface area contributed by atoms with E-state index >= 15 is 0 Å². The highest BCUT2D eigenvalue weighted by Gasteiger charge is 2.29. The average molecular weight is 438 g/mol. The lowest BCUT2D eigenvalue weighted by molar-refractivity contribution is -0.126. The number of benzene rings is 1. The van der Waals surface area contributed by atoms with E-state index in [0.717, 1.165) is 43.7 Å². The summed E-state index contributed by atoms with van der Waals surface area (Å²) in [7, 11) is 0. The molecule has 3 aromatic rings. The summed E-state index contributed by atoms with van der Waals surface area (Å²) in [5.41, 5.74) is 0.645. The van der Waals surface area contributed by atoms with Crippen molar-refractivity contribution < 1.29 is 17.6 Å². The standard InChI is InChI=1S/C21H22F4N4S/c22-18-6-2-1-4-14(18)12-26-15-5-3-8-29(9-7-15)19-17-10-16(11-21(23,24)25)30-20(17)28-13-27-19/h1-2,4,6,10,13,15,26H,3,5,7-9,11-12H2. The number of nitrogens with zero attached hydrogens (tertiary/aromatic N) is 3. The van der Waals surface area contributed by atoms with E-state index in [0.29, 0.717) is 28.1 Å². The molecule has 9 heteroatoms. The van der Waals surface area contributed by atoms with Crippen LogP contribution in [-0.4, -0.2) is 35.3 Å². The van der Waals surface area contributed by atoms with E-state index in [1.165, 1.54) is 12.4 Å². The van der Waals surface area contributed by atoms with Crippen LogP contribution in [0.2, 0.25) is 0 Å². The Bertz CT molecular complexity index is 1000. The Hall–Kier alpha value is -2.26. The third-order valence-electron chi connectivity index (χ3n) is 5.30. The molecule has 0 aliphatic carbocycles. The minimum Gasteiger partial charge on any atom is -0.356 e. The molecule has 0 radical (unpaired) electrons. The molecule has 1 aliphatic heterocycles. The fourth-order valence-electron chi connectivity index (χ4n) is 3.84. The number of aromatic nitrogens is 2. The van der Waals surface area contributed by atoms with Gasteiger partial charge in [0, 0.05) is 36.1 Å². The normalized spacial score (nSPS) is 18.0. The molecule has 0 bridgehead atoms. The predicted octanol–water partition coefficient (Wildman–Crippen LogP) is 5.08. The molecule has 1 aliphatic rings. The van der Waals surface area contributed by atoms with Crippen LogP contribution >= 0.6 is 11.3 Å². The highest BCUT2D eigenvalue weighted by molar-refractivity contribution is 7.18. The Morgan fingerprint density at radius 3 is 2.77 bits per heavy atom. The fourth-order valence-corrected chi connectivity index (χ4v) is 4.86. The zero-order valence-electron chi connectivity index (χ0n) is 16.3. The Balaban J connectivity index is 1.44. The van der Waals surface area contributed by atoms with Gasteiger partial charge >= 0.3 is 6.18 Å². The topological polar surface area (TPSA) is 41.0 Å². The lowest BCUT2D eigenvalue weighted by atomic mass is 10.1. The second-order valence-corrected chi connectivity index (χ2v) is 8.62. The number of nitrogens with one attached hydrogen (secondary N) is 1. The monoisotopic (exact) mass is 438 g/mol. The van der Waals surface area contributed by atoms with Crippen LogP contribution in [0.4, 0.5) is 23.4 Å². The van der Waals surface area contributed by atoms with Crippen LogP contribution in [0.25, 0.3) is 10.2 Å². The SMILES string of the molecule is Fc1ccccc1CNC1CCCN(c2ncnc3sc(CC(F)(F)F)cc23)CC1. The van der Waals surface area contributed by atoms with E-state index in [2.05, 4.69) is 20.2 Å². The molecule has 160 valence electrons. The Kier molecular flexibility index (Phi) is 6.19. The molecule has 0 amide bonds. The molecule has 2 aromatic heterocycles. The summed E-state index contributed by atoms with van der Waals surface area (Å²) >= 11 is 1.07. The van der Waals surface area contributed by atoms with Crippen molar-refractivity contribution in [2.75, 3.05) is 18.0 Å². The van der Waals surface area contributed by atoms with E-state index in [-0.39, 0.29) is 16.7 Å². The summed E-state index contributed by atoms with van der Waals surface area (Å²) in [6.07, 6.45) is -1.06. The largest absolute Gasteiger partial charge is 0.393 e. The summed E-state index contributed by atoms with van der Waals surface area (Å²) in [6.45, 7) is 1.97. The summed E-state index contributed by atoms with van der Waals surface area (Å²) in [5, 5.41) is 4.12. The molecule has 4 rings (SSSR count). The summed E-state index contributed by atoms with van der Waals surface area (Å²) in [6, 6.07) is 8.55. The lowest BCUT2D eigenvalue weighted by Crippen LogP contribution is -2.31. The number of hydrogen-bond acceptors (Lipinski definition) is 5. The molecule has 1 saturated heterocycles. The number of alkyl halides is 3. The molecule has 1 aromatic carbocycles. The lowest BCUT2D eigenvalue weighted by Gasteiger charge is -2.22. The maximum Gasteiger partial charge on any atom is 0.393 e. The first-order valence-corrected chi connectivity index (χ1v) is 10.7. The number of rotatable bonds is 5. The van der Waals surface area contributed by atoms with Crippen molar-refractivity contribution in [2.45, 2.75) is 44.4 Å². The summed E-state index contributed by atoms with van der Waals surface area (Å²) < 4.78 is 52.1. The fraction of sp³-hybridized carbons (Fsp3) is 0.429. The molecule has 3 heterocycles. The Labute approximate surface area is 176 Å². The van der Waals surface area contributed by atoms with Gasteiger partial charge in [-0.05, 0) is 31.4 Å². The van der Waals surface area contributed by atoms with E-state index in [1.54, 1.807) is 18.2 Å². The highest BCUT2D eigenvalue weighted by atomic mass is 32.1. The maximum absolute atomic E-state index is 13.8. The van der Waals surface area contributed by atoms with Crippen molar-refractivity contribution in [3.8, 4) is 0 Å². The van der Waals surface area contributed by atoms with E-state index < -0.39 is 12.6 Å². The number of anilines is 1. The first-order valence-electron chi connectivity index (χ1n) is 9.91. The first-order chi connectivity index (χ1) is 14.4. The van der Waals surface area contributed by atoms with Gasteiger partial charge in [-0.2, -0.15) is 13.2 Å². The Morgan fingerprint density at radius 2 is 1.97 bits per heavy atom. The zero-order chi connectivity index (χ0) is 21.1. The first kappa shape index (κ1) is 21.0. The van der Waals surface area contributed by atoms with Crippen LogP contribution in [0.5, 0.6) is 0 Å². The molecule has 1 fully saturated rings. The zero-order valence-corrected chi connectivity index (χ0v) is 17.1. The van der Waals surface area contributed by atoms with E-state index in [1.807, 2.05) is 6.07 Å². The van der Waals surface area contributed by atoms with Crippen molar-refractivity contribution in [3.63, 3.8) is 0 Å². The maximum atomic E-state index is 13.8. The number of thiophene rings is 1. The van der Waals surface area contributed by atoms with Crippen molar-refractivity contribution in [1.29, 1.82) is 0 Å². The smallest absolute Gasteiger partial charge is 0.356 e. The molecule has 1 unspecified atom stereocenters. The van der Waals surface area contributed by atoms with Gasteiger partial charge in [-0.25, -0.2) is 14.4 Å². The van der Waals surface area contributed by atoms with Crippen molar-refractivity contribution >= 4 is 27.4 Å². The number of halogens is 4. The third-order valence-corrected chi connectivity index (χ3v) is 6.34. The van der Waals surface area contributed by atoms with Gasteiger partial charge in [0.2, 0.25) is 0 Å². The van der Waals surface area contributed by atoms with Gasteiger partial charge in [-0.3, -0.25) is 0 Å². The van der Waals surface area contributed by atoms with Crippen molar-refractivity contribution in [3.05, 3.63) is 52.9 Å². The van der Waals surface area contributed by atoms with Gasteiger partial charge in [0.15, 0.2) is 0 Å². The summed E-state index contributed by atoms with van der Waals surface area (Å²) in [4.78, 5) is 11.5. The van der Waals surface area contributed by atoms with E-state index in [4.69, 9.17) is 0 Å². The highest BCUT2D eigenvalue weighted by Crippen LogP contribution is 2.34. The van der Waals surface area contributed by atoms with Crippen LogP contribution in [0.3, 0.4) is 0 Å². The molecule has 0 spiro atoms. The molecule has 30 heavy (non-hydrogen) atoms. The second-order valence-electron chi connectivity index (χ2n) is 7.51. The van der Waals surface area contributed by atoms with Gasteiger partial charge in [-0.15, -0.1) is 11.3 Å².